The third-order valence-corrected chi connectivity index (χ3v) is 4.52. The fraction of sp³-hybridized carbons (Fsp3) is 0.462. The standard InChI is InChI=1S/C13H16N2S/c1-7-5-9(14)6-11-12(7)10-4-3-8(2)15-13(10)16-11/h6-7H,3-5,14H2,1-2H3. The van der Waals surface area contributed by atoms with E-state index >= 15 is 0 Å². The van der Waals surface area contributed by atoms with Crippen LogP contribution in [0.1, 0.15) is 48.6 Å². The van der Waals surface area contributed by atoms with Crippen molar-refractivity contribution >= 4 is 28.1 Å². The molecule has 1 unspecified atom stereocenters. The number of allylic oxidation sites excluding steroid dienone is 1. The van der Waals surface area contributed by atoms with Crippen LogP contribution in [-0.4, -0.2) is 5.71 Å². The maximum atomic E-state index is 5.96. The quantitative estimate of drug-likeness (QED) is 0.729. The number of fused-ring (bicyclic) bond motifs is 3. The molecule has 0 fully saturated rings. The third-order valence-electron chi connectivity index (χ3n) is 3.44. The second-order valence-electron chi connectivity index (χ2n) is 4.84. The van der Waals surface area contributed by atoms with E-state index in [0.29, 0.717) is 5.92 Å². The molecule has 0 bridgehead atoms. The summed E-state index contributed by atoms with van der Waals surface area (Å²) in [6.07, 6.45) is 5.42. The van der Waals surface area contributed by atoms with E-state index in [1.165, 1.54) is 26.7 Å². The molecule has 1 aliphatic heterocycles. The molecule has 0 aromatic carbocycles. The first-order valence-electron chi connectivity index (χ1n) is 5.81. The highest BCUT2D eigenvalue weighted by Gasteiger charge is 2.26. The Morgan fingerprint density at radius 2 is 2.25 bits per heavy atom. The van der Waals surface area contributed by atoms with Crippen molar-refractivity contribution in [2.75, 3.05) is 0 Å². The summed E-state index contributed by atoms with van der Waals surface area (Å²) in [6.45, 7) is 4.39. The van der Waals surface area contributed by atoms with Crippen LogP contribution in [0, 0.1) is 0 Å². The van der Waals surface area contributed by atoms with Gasteiger partial charge in [-0.3, -0.25) is 0 Å². The number of hydrogen-bond acceptors (Lipinski definition) is 3. The molecule has 0 radical (unpaired) electrons. The summed E-state index contributed by atoms with van der Waals surface area (Å²) in [5.74, 6) is 0.564. The topological polar surface area (TPSA) is 38.4 Å². The molecule has 0 spiro atoms. The van der Waals surface area contributed by atoms with Gasteiger partial charge in [0.05, 0.1) is 0 Å². The van der Waals surface area contributed by atoms with Gasteiger partial charge in [-0.25, -0.2) is 4.99 Å². The normalized spacial score (nSPS) is 23.2. The van der Waals surface area contributed by atoms with Crippen LogP contribution in [0.15, 0.2) is 10.7 Å². The summed E-state index contributed by atoms with van der Waals surface area (Å²) in [5.41, 5.74) is 11.2. The van der Waals surface area contributed by atoms with Crippen molar-refractivity contribution in [1.82, 2.24) is 0 Å². The van der Waals surface area contributed by atoms with E-state index in [1.54, 1.807) is 11.3 Å². The highest BCUT2D eigenvalue weighted by molar-refractivity contribution is 7.17. The van der Waals surface area contributed by atoms with Gasteiger partial charge in [0.2, 0.25) is 0 Å². The largest absolute Gasteiger partial charge is 0.402 e. The van der Waals surface area contributed by atoms with Gasteiger partial charge in [0.1, 0.15) is 5.00 Å². The number of nitrogens with zero attached hydrogens (tertiary/aromatic N) is 1. The molecule has 1 atom stereocenters. The molecule has 84 valence electrons. The van der Waals surface area contributed by atoms with E-state index in [2.05, 4.69) is 24.9 Å². The Kier molecular flexibility index (Phi) is 2.18. The number of aliphatic imine (C=N–C) groups is 1. The third kappa shape index (κ3) is 1.42. The number of thiophene rings is 1. The zero-order chi connectivity index (χ0) is 11.3. The highest BCUT2D eigenvalue weighted by Crippen LogP contribution is 2.46. The molecule has 16 heavy (non-hydrogen) atoms. The van der Waals surface area contributed by atoms with E-state index in [0.717, 1.165) is 25.0 Å². The van der Waals surface area contributed by atoms with E-state index < -0.39 is 0 Å². The van der Waals surface area contributed by atoms with Gasteiger partial charge in [-0.15, -0.1) is 11.3 Å². The lowest BCUT2D eigenvalue weighted by atomic mass is 9.87. The monoisotopic (exact) mass is 232 g/mol. The molecule has 2 nitrogen and oxygen atoms in total. The molecule has 2 heterocycles. The Bertz CT molecular complexity index is 508. The molecule has 1 aromatic heterocycles. The minimum atomic E-state index is 0.564. The van der Waals surface area contributed by atoms with Crippen LogP contribution < -0.4 is 5.73 Å². The Hall–Kier alpha value is -1.09. The van der Waals surface area contributed by atoms with Crippen LogP contribution in [0.4, 0.5) is 5.00 Å². The Morgan fingerprint density at radius 3 is 3.06 bits per heavy atom. The lowest BCUT2D eigenvalue weighted by Crippen LogP contribution is -2.10. The van der Waals surface area contributed by atoms with Gasteiger partial charge >= 0.3 is 0 Å². The summed E-state index contributed by atoms with van der Waals surface area (Å²) in [7, 11) is 0. The maximum absolute atomic E-state index is 5.96. The van der Waals surface area contributed by atoms with Crippen molar-refractivity contribution in [2.45, 2.75) is 39.0 Å². The van der Waals surface area contributed by atoms with Gasteiger partial charge in [-0.1, -0.05) is 6.92 Å². The van der Waals surface area contributed by atoms with Crippen LogP contribution in [0.25, 0.3) is 6.08 Å². The van der Waals surface area contributed by atoms with E-state index in [9.17, 15) is 0 Å². The van der Waals surface area contributed by atoms with Crippen molar-refractivity contribution in [3.05, 3.63) is 21.7 Å². The van der Waals surface area contributed by atoms with Crippen LogP contribution >= 0.6 is 11.3 Å². The van der Waals surface area contributed by atoms with Gasteiger partial charge in [-0.05, 0) is 49.3 Å². The number of rotatable bonds is 0. The van der Waals surface area contributed by atoms with Gasteiger partial charge in [0.15, 0.2) is 0 Å². The van der Waals surface area contributed by atoms with Crippen molar-refractivity contribution in [3.63, 3.8) is 0 Å². The predicted molar refractivity (Wildman–Crippen MR) is 70.6 cm³/mol. The van der Waals surface area contributed by atoms with E-state index in [4.69, 9.17) is 5.73 Å². The average Bonchev–Trinajstić information content (AvgIpc) is 2.54. The first kappa shape index (κ1) is 10.1. The van der Waals surface area contributed by atoms with Gasteiger partial charge < -0.3 is 5.73 Å². The van der Waals surface area contributed by atoms with E-state index in [1.807, 2.05) is 0 Å². The molecule has 0 amide bonds. The molecule has 0 saturated heterocycles. The van der Waals surface area contributed by atoms with E-state index in [-0.39, 0.29) is 0 Å². The number of nitrogens with two attached hydrogens (primary N) is 1. The SMILES string of the molecule is CC1=Nc2sc3c(c2CC1)C(C)CC(N)=C3. The molecular formula is C13H16N2S. The fourth-order valence-corrected chi connectivity index (χ4v) is 4.07. The fourth-order valence-electron chi connectivity index (χ4n) is 2.68. The van der Waals surface area contributed by atoms with Crippen molar-refractivity contribution in [3.8, 4) is 0 Å². The molecule has 3 rings (SSSR count). The first-order valence-corrected chi connectivity index (χ1v) is 6.62. The van der Waals surface area contributed by atoms with Crippen LogP contribution in [0.5, 0.6) is 0 Å². The summed E-state index contributed by atoms with van der Waals surface area (Å²) < 4.78 is 0. The molecule has 2 aliphatic rings. The van der Waals surface area contributed by atoms with Crippen LogP contribution in [0.3, 0.4) is 0 Å². The van der Waals surface area contributed by atoms with Crippen molar-refractivity contribution < 1.29 is 0 Å². The summed E-state index contributed by atoms with van der Waals surface area (Å²) in [6, 6.07) is 0. The molecular weight excluding hydrogens is 216 g/mol. The average molecular weight is 232 g/mol. The first-order chi connectivity index (χ1) is 7.65. The molecule has 2 N–H and O–H groups in total. The minimum absolute atomic E-state index is 0.564. The zero-order valence-electron chi connectivity index (χ0n) is 9.71. The van der Waals surface area contributed by atoms with Crippen LogP contribution in [-0.2, 0) is 6.42 Å². The smallest absolute Gasteiger partial charge is 0.119 e. The summed E-state index contributed by atoms with van der Waals surface area (Å²) in [5, 5.41) is 1.23. The Labute approximate surface area is 99.9 Å². The second kappa shape index (κ2) is 3.45. The molecule has 1 aromatic rings. The molecule has 3 heteroatoms. The van der Waals surface area contributed by atoms with Crippen LogP contribution in [0.2, 0.25) is 0 Å². The zero-order valence-corrected chi connectivity index (χ0v) is 10.5. The number of hydrogen-bond donors (Lipinski definition) is 1. The second-order valence-corrected chi connectivity index (χ2v) is 5.87. The lowest BCUT2D eigenvalue weighted by molar-refractivity contribution is 0.728. The highest BCUT2D eigenvalue weighted by atomic mass is 32.1. The Morgan fingerprint density at radius 1 is 1.44 bits per heavy atom. The van der Waals surface area contributed by atoms with Gasteiger partial charge in [-0.2, -0.15) is 0 Å². The molecule has 0 saturated carbocycles. The minimum Gasteiger partial charge on any atom is -0.402 e. The van der Waals surface area contributed by atoms with Gasteiger partial charge in [0, 0.05) is 16.3 Å². The summed E-state index contributed by atoms with van der Waals surface area (Å²) in [4.78, 5) is 6.02. The Balaban J connectivity index is 2.20. The van der Waals surface area contributed by atoms with Gasteiger partial charge in [0.25, 0.3) is 0 Å². The van der Waals surface area contributed by atoms with Crippen molar-refractivity contribution in [1.29, 1.82) is 0 Å². The predicted octanol–water partition coefficient (Wildman–Crippen LogP) is 3.59. The summed E-state index contributed by atoms with van der Waals surface area (Å²) >= 11 is 1.81. The maximum Gasteiger partial charge on any atom is 0.119 e. The lowest BCUT2D eigenvalue weighted by Gasteiger charge is -2.20. The van der Waals surface area contributed by atoms with Crippen molar-refractivity contribution in [2.24, 2.45) is 10.7 Å². The molecule has 1 aliphatic carbocycles.